The number of nitrogens with zero attached hydrogens (tertiary/aromatic N) is 2. The standard InChI is InChI=1S/C11H13N5O2/c12-10-7(11(13)17)2-1-3-8(10)14-5-4-9-15-6-18-16-9/h1-3,6,14H,4-5,12H2,(H2,13,17). The lowest BCUT2D eigenvalue weighted by Gasteiger charge is -2.10. The van der Waals surface area contributed by atoms with Gasteiger partial charge >= 0.3 is 0 Å². The van der Waals surface area contributed by atoms with Gasteiger partial charge in [-0.3, -0.25) is 4.79 Å². The number of rotatable bonds is 5. The fourth-order valence-corrected chi connectivity index (χ4v) is 1.55. The van der Waals surface area contributed by atoms with Crippen LogP contribution in [0.2, 0.25) is 0 Å². The van der Waals surface area contributed by atoms with Crippen molar-refractivity contribution >= 4 is 17.3 Å². The van der Waals surface area contributed by atoms with Crippen LogP contribution in [0, 0.1) is 0 Å². The predicted molar refractivity (Wildman–Crippen MR) is 65.9 cm³/mol. The van der Waals surface area contributed by atoms with Gasteiger partial charge in [-0.2, -0.15) is 4.98 Å². The van der Waals surface area contributed by atoms with Crippen molar-refractivity contribution in [3.63, 3.8) is 0 Å². The molecule has 0 radical (unpaired) electrons. The summed E-state index contributed by atoms with van der Waals surface area (Å²) >= 11 is 0. The Balaban J connectivity index is 2.01. The summed E-state index contributed by atoms with van der Waals surface area (Å²) < 4.78 is 4.62. The zero-order valence-corrected chi connectivity index (χ0v) is 9.59. The van der Waals surface area contributed by atoms with Gasteiger partial charge in [0, 0.05) is 13.0 Å². The SMILES string of the molecule is NC(=O)c1cccc(NCCc2ncon2)c1N. The van der Waals surface area contributed by atoms with E-state index in [-0.39, 0.29) is 0 Å². The van der Waals surface area contributed by atoms with Gasteiger partial charge in [0.15, 0.2) is 5.82 Å². The van der Waals surface area contributed by atoms with Crippen LogP contribution in [-0.2, 0) is 6.42 Å². The van der Waals surface area contributed by atoms with Crippen molar-refractivity contribution in [1.82, 2.24) is 10.1 Å². The number of aromatic nitrogens is 2. The largest absolute Gasteiger partial charge is 0.396 e. The Morgan fingerprint density at radius 2 is 2.28 bits per heavy atom. The van der Waals surface area contributed by atoms with Crippen molar-refractivity contribution in [3.8, 4) is 0 Å². The number of anilines is 2. The van der Waals surface area contributed by atoms with Crippen LogP contribution in [0.3, 0.4) is 0 Å². The third-order valence-electron chi connectivity index (χ3n) is 2.44. The summed E-state index contributed by atoms with van der Waals surface area (Å²) in [5, 5.41) is 6.78. The number of benzene rings is 1. The Kier molecular flexibility index (Phi) is 3.42. The molecular weight excluding hydrogens is 234 g/mol. The number of hydrogen-bond acceptors (Lipinski definition) is 6. The topological polar surface area (TPSA) is 120 Å². The third kappa shape index (κ3) is 2.57. The number of hydrogen-bond donors (Lipinski definition) is 3. The summed E-state index contributed by atoms with van der Waals surface area (Å²) in [7, 11) is 0. The van der Waals surface area contributed by atoms with E-state index in [2.05, 4.69) is 20.0 Å². The molecule has 0 aliphatic carbocycles. The van der Waals surface area contributed by atoms with E-state index in [4.69, 9.17) is 11.5 Å². The highest BCUT2D eigenvalue weighted by atomic mass is 16.5. The molecule has 0 bridgehead atoms. The number of primary amides is 1. The molecule has 0 spiro atoms. The first-order chi connectivity index (χ1) is 8.68. The quantitative estimate of drug-likeness (QED) is 0.658. The number of nitrogens with two attached hydrogens (primary N) is 2. The second-order valence-corrected chi connectivity index (χ2v) is 3.66. The van der Waals surface area contributed by atoms with Gasteiger partial charge in [-0.25, -0.2) is 0 Å². The molecule has 0 aliphatic heterocycles. The molecule has 2 rings (SSSR count). The number of carbonyl (C=O) groups excluding carboxylic acids is 1. The van der Waals surface area contributed by atoms with E-state index >= 15 is 0 Å². The first-order valence-electron chi connectivity index (χ1n) is 5.36. The summed E-state index contributed by atoms with van der Waals surface area (Å²) in [5.41, 5.74) is 12.4. The first-order valence-corrected chi connectivity index (χ1v) is 5.36. The van der Waals surface area contributed by atoms with Gasteiger partial charge in [-0.1, -0.05) is 11.2 Å². The predicted octanol–water partition coefficient (Wildman–Crippen LogP) is 0.405. The van der Waals surface area contributed by atoms with Crippen LogP contribution < -0.4 is 16.8 Å². The number of nitrogen functional groups attached to an aromatic ring is 1. The molecule has 5 N–H and O–H groups in total. The molecule has 7 nitrogen and oxygen atoms in total. The monoisotopic (exact) mass is 247 g/mol. The minimum absolute atomic E-state index is 0.305. The van der Waals surface area contributed by atoms with Gasteiger partial charge in [0.25, 0.3) is 5.91 Å². The molecule has 94 valence electrons. The highest BCUT2D eigenvalue weighted by Crippen LogP contribution is 2.22. The second kappa shape index (κ2) is 5.17. The smallest absolute Gasteiger partial charge is 0.250 e. The maximum absolute atomic E-state index is 11.1. The van der Waals surface area contributed by atoms with Crippen molar-refractivity contribution < 1.29 is 9.32 Å². The fraction of sp³-hybridized carbons (Fsp3) is 0.182. The second-order valence-electron chi connectivity index (χ2n) is 3.66. The van der Waals surface area contributed by atoms with Crippen LogP contribution in [0.25, 0.3) is 0 Å². The molecule has 0 saturated carbocycles. The van der Waals surface area contributed by atoms with E-state index in [1.165, 1.54) is 6.39 Å². The minimum Gasteiger partial charge on any atom is -0.396 e. The Bertz CT molecular complexity index is 538. The summed E-state index contributed by atoms with van der Waals surface area (Å²) in [6.07, 6.45) is 1.87. The lowest BCUT2D eigenvalue weighted by atomic mass is 10.1. The van der Waals surface area contributed by atoms with Crippen molar-refractivity contribution in [3.05, 3.63) is 36.0 Å². The van der Waals surface area contributed by atoms with Crippen LogP contribution in [0.15, 0.2) is 29.1 Å². The Labute approximate surface area is 103 Å². The lowest BCUT2D eigenvalue weighted by molar-refractivity contribution is 0.100. The van der Waals surface area contributed by atoms with Crippen LogP contribution in [0.4, 0.5) is 11.4 Å². The third-order valence-corrected chi connectivity index (χ3v) is 2.44. The van der Waals surface area contributed by atoms with Crippen molar-refractivity contribution in [2.75, 3.05) is 17.6 Å². The zero-order valence-electron chi connectivity index (χ0n) is 9.59. The molecule has 7 heteroatoms. The molecule has 2 aromatic rings. The Hall–Kier alpha value is -2.57. The van der Waals surface area contributed by atoms with Crippen molar-refractivity contribution in [2.24, 2.45) is 5.73 Å². The van der Waals surface area contributed by atoms with E-state index in [0.29, 0.717) is 35.7 Å². The highest BCUT2D eigenvalue weighted by molar-refractivity contribution is 6.00. The molecule has 1 aromatic carbocycles. The lowest BCUT2D eigenvalue weighted by Crippen LogP contribution is -2.15. The van der Waals surface area contributed by atoms with Crippen LogP contribution >= 0.6 is 0 Å². The molecular formula is C11H13N5O2. The fourth-order valence-electron chi connectivity index (χ4n) is 1.55. The average molecular weight is 247 g/mol. The highest BCUT2D eigenvalue weighted by Gasteiger charge is 2.09. The summed E-state index contributed by atoms with van der Waals surface area (Å²) in [4.78, 5) is 15.0. The number of para-hydroxylation sites is 1. The summed E-state index contributed by atoms with van der Waals surface area (Å²) in [5.74, 6) is 0.0569. The molecule has 1 aromatic heterocycles. The first kappa shape index (κ1) is 11.9. The molecule has 0 fully saturated rings. The Morgan fingerprint density at radius 3 is 2.94 bits per heavy atom. The molecule has 0 aliphatic rings. The van der Waals surface area contributed by atoms with Crippen LogP contribution in [0.1, 0.15) is 16.2 Å². The van der Waals surface area contributed by atoms with Gasteiger partial charge in [0.2, 0.25) is 6.39 Å². The van der Waals surface area contributed by atoms with Gasteiger partial charge < -0.3 is 21.3 Å². The Morgan fingerprint density at radius 1 is 1.44 bits per heavy atom. The maximum atomic E-state index is 11.1. The van der Waals surface area contributed by atoms with E-state index in [1.807, 2.05) is 0 Å². The number of nitrogens with one attached hydrogen (secondary N) is 1. The summed E-state index contributed by atoms with van der Waals surface area (Å²) in [6.45, 7) is 0.575. The normalized spacial score (nSPS) is 10.2. The molecule has 0 unspecified atom stereocenters. The van der Waals surface area contributed by atoms with Gasteiger partial charge in [-0.15, -0.1) is 0 Å². The van der Waals surface area contributed by atoms with Crippen LogP contribution in [0.5, 0.6) is 0 Å². The van der Waals surface area contributed by atoms with Gasteiger partial charge in [0.05, 0.1) is 16.9 Å². The molecule has 0 atom stereocenters. The van der Waals surface area contributed by atoms with Gasteiger partial charge in [0.1, 0.15) is 0 Å². The van der Waals surface area contributed by atoms with E-state index in [1.54, 1.807) is 18.2 Å². The van der Waals surface area contributed by atoms with Crippen molar-refractivity contribution in [2.45, 2.75) is 6.42 Å². The molecule has 1 heterocycles. The van der Waals surface area contributed by atoms with E-state index in [0.717, 1.165) is 0 Å². The maximum Gasteiger partial charge on any atom is 0.250 e. The minimum atomic E-state index is -0.547. The number of amides is 1. The van der Waals surface area contributed by atoms with E-state index < -0.39 is 5.91 Å². The molecule has 1 amide bonds. The zero-order chi connectivity index (χ0) is 13.0. The van der Waals surface area contributed by atoms with Gasteiger partial charge in [-0.05, 0) is 12.1 Å². The van der Waals surface area contributed by atoms with E-state index in [9.17, 15) is 4.79 Å². The average Bonchev–Trinajstić information content (AvgIpc) is 2.84. The van der Waals surface area contributed by atoms with Crippen LogP contribution in [-0.4, -0.2) is 22.6 Å². The van der Waals surface area contributed by atoms with Crippen molar-refractivity contribution in [1.29, 1.82) is 0 Å². The summed E-state index contributed by atoms with van der Waals surface area (Å²) in [6, 6.07) is 5.08. The number of carbonyl (C=O) groups is 1. The molecule has 0 saturated heterocycles. The molecule has 18 heavy (non-hydrogen) atoms.